The van der Waals surface area contributed by atoms with Crippen LogP contribution in [0.1, 0.15) is 52.6 Å². The maximum atomic E-state index is 13.1. The predicted molar refractivity (Wildman–Crippen MR) is 122 cm³/mol. The summed E-state index contributed by atoms with van der Waals surface area (Å²) >= 11 is 0. The van der Waals surface area contributed by atoms with E-state index in [0.29, 0.717) is 0 Å². The summed E-state index contributed by atoms with van der Waals surface area (Å²) in [6, 6.07) is 7.27. The number of aliphatic carboxylic acids is 1. The van der Waals surface area contributed by atoms with Crippen molar-refractivity contribution < 1.29 is 27.9 Å². The average molecular weight is 479 g/mol. The fourth-order valence-electron chi connectivity index (χ4n) is 3.05. The molecular weight excluding hydrogens is 448 g/mol. The van der Waals surface area contributed by atoms with Gasteiger partial charge in [-0.25, -0.2) is 32.9 Å². The average Bonchev–Trinajstić information content (AvgIpc) is 2.69. The Labute approximate surface area is 193 Å². The standard InChI is InChI=1S/C22H30N4O6S/c1-21(2,3)17(19(27)28)26(20(29)32-22(4,5)6)15-11-9-10-14(25-15)18(23)33(30,31)16-12-7-8-13-24-16/h7-13,17-18H,23H2,1-6H3,(H,27,28). The number of aromatic nitrogens is 2. The molecule has 11 heteroatoms. The zero-order valence-corrected chi connectivity index (χ0v) is 20.3. The van der Waals surface area contributed by atoms with Gasteiger partial charge in [-0.2, -0.15) is 0 Å². The van der Waals surface area contributed by atoms with Crippen molar-refractivity contribution in [1.29, 1.82) is 0 Å². The molecule has 1 amide bonds. The van der Waals surface area contributed by atoms with E-state index in [4.69, 9.17) is 10.5 Å². The first-order chi connectivity index (χ1) is 15.1. The van der Waals surface area contributed by atoms with E-state index in [2.05, 4.69) is 9.97 Å². The monoisotopic (exact) mass is 478 g/mol. The fraction of sp³-hybridized carbons (Fsp3) is 0.455. The molecule has 0 fully saturated rings. The highest BCUT2D eigenvalue weighted by atomic mass is 32.2. The minimum Gasteiger partial charge on any atom is -0.480 e. The summed E-state index contributed by atoms with van der Waals surface area (Å²) in [6.45, 7) is 9.91. The van der Waals surface area contributed by atoms with Crippen LogP contribution in [0.2, 0.25) is 0 Å². The fourth-order valence-corrected chi connectivity index (χ4v) is 4.23. The molecule has 2 heterocycles. The van der Waals surface area contributed by atoms with E-state index in [1.807, 2.05) is 0 Å². The van der Waals surface area contributed by atoms with E-state index in [1.54, 1.807) is 47.6 Å². The van der Waals surface area contributed by atoms with E-state index in [0.717, 1.165) is 4.90 Å². The maximum Gasteiger partial charge on any atom is 0.416 e. The number of carbonyl (C=O) groups excluding carboxylic acids is 1. The third-order valence-corrected chi connectivity index (χ3v) is 6.20. The van der Waals surface area contributed by atoms with E-state index in [1.165, 1.54) is 36.5 Å². The largest absolute Gasteiger partial charge is 0.480 e. The molecule has 0 aliphatic carbocycles. The second-order valence-electron chi connectivity index (χ2n) is 9.51. The highest BCUT2D eigenvalue weighted by Gasteiger charge is 2.43. The molecule has 0 aliphatic heterocycles. The first kappa shape index (κ1) is 26.2. The molecule has 0 aliphatic rings. The number of amides is 1. The van der Waals surface area contributed by atoms with Crippen LogP contribution in [0.4, 0.5) is 10.6 Å². The van der Waals surface area contributed by atoms with Gasteiger partial charge in [0.15, 0.2) is 10.4 Å². The lowest BCUT2D eigenvalue weighted by Gasteiger charge is -2.37. The molecule has 2 atom stereocenters. The number of sulfone groups is 1. The number of carboxylic acid groups (broad SMARTS) is 1. The molecule has 180 valence electrons. The number of hydrogen-bond acceptors (Lipinski definition) is 8. The van der Waals surface area contributed by atoms with Gasteiger partial charge in [0.1, 0.15) is 17.5 Å². The van der Waals surface area contributed by atoms with Crippen molar-refractivity contribution in [2.45, 2.75) is 63.6 Å². The molecule has 2 aromatic rings. The highest BCUT2D eigenvalue weighted by molar-refractivity contribution is 7.91. The number of hydrogen-bond donors (Lipinski definition) is 2. The van der Waals surface area contributed by atoms with Gasteiger partial charge in [0.25, 0.3) is 0 Å². The molecule has 0 aromatic carbocycles. The van der Waals surface area contributed by atoms with Gasteiger partial charge < -0.3 is 15.6 Å². The van der Waals surface area contributed by atoms with Gasteiger partial charge in [0, 0.05) is 6.20 Å². The van der Waals surface area contributed by atoms with Crippen LogP contribution in [-0.2, 0) is 19.4 Å². The second-order valence-corrected chi connectivity index (χ2v) is 11.5. The Hall–Kier alpha value is -3.05. The van der Waals surface area contributed by atoms with Crippen molar-refractivity contribution in [3.63, 3.8) is 0 Å². The Morgan fingerprint density at radius 3 is 2.18 bits per heavy atom. The van der Waals surface area contributed by atoms with Crippen molar-refractivity contribution in [2.75, 3.05) is 4.90 Å². The van der Waals surface area contributed by atoms with E-state index in [9.17, 15) is 23.1 Å². The van der Waals surface area contributed by atoms with Gasteiger partial charge in [0.05, 0.1) is 5.69 Å². The van der Waals surface area contributed by atoms with Crippen LogP contribution in [0.5, 0.6) is 0 Å². The lowest BCUT2D eigenvalue weighted by molar-refractivity contribution is -0.141. The normalized spacial score (nSPS) is 14.3. The van der Waals surface area contributed by atoms with Crippen LogP contribution in [0.3, 0.4) is 0 Å². The van der Waals surface area contributed by atoms with Gasteiger partial charge >= 0.3 is 12.1 Å². The van der Waals surface area contributed by atoms with Crippen molar-refractivity contribution >= 4 is 27.7 Å². The van der Waals surface area contributed by atoms with Crippen LogP contribution in [0.15, 0.2) is 47.6 Å². The first-order valence-electron chi connectivity index (χ1n) is 10.2. The Bertz CT molecular complexity index is 1110. The summed E-state index contributed by atoms with van der Waals surface area (Å²) in [5.41, 5.74) is 4.13. The lowest BCUT2D eigenvalue weighted by Crippen LogP contribution is -2.54. The van der Waals surface area contributed by atoms with E-state index in [-0.39, 0.29) is 16.5 Å². The molecule has 0 bridgehead atoms. The van der Waals surface area contributed by atoms with E-state index < -0.39 is 44.3 Å². The van der Waals surface area contributed by atoms with Crippen molar-refractivity contribution in [3.05, 3.63) is 48.3 Å². The van der Waals surface area contributed by atoms with Gasteiger partial charge in [-0.15, -0.1) is 0 Å². The molecule has 2 unspecified atom stereocenters. The molecular formula is C22H30N4O6S. The molecule has 0 spiro atoms. The van der Waals surface area contributed by atoms with Crippen LogP contribution in [-0.4, -0.2) is 47.2 Å². The Morgan fingerprint density at radius 1 is 1.06 bits per heavy atom. The van der Waals surface area contributed by atoms with E-state index >= 15 is 0 Å². The number of pyridine rings is 2. The smallest absolute Gasteiger partial charge is 0.416 e. The van der Waals surface area contributed by atoms with Crippen LogP contribution < -0.4 is 10.6 Å². The minimum absolute atomic E-state index is 0.0789. The zero-order valence-electron chi connectivity index (χ0n) is 19.5. The number of nitrogens with zero attached hydrogens (tertiary/aromatic N) is 3. The quantitative estimate of drug-likeness (QED) is 0.637. The first-order valence-corrected chi connectivity index (χ1v) is 11.7. The molecule has 0 saturated carbocycles. The number of anilines is 1. The predicted octanol–water partition coefficient (Wildman–Crippen LogP) is 3.15. The zero-order chi connectivity index (χ0) is 25.2. The topological polar surface area (TPSA) is 153 Å². The SMILES string of the molecule is CC(C)(C)OC(=O)N(c1cccc(C(N)S(=O)(=O)c2ccccn2)n1)C(C(=O)O)C(C)(C)C. The maximum absolute atomic E-state index is 13.1. The van der Waals surface area contributed by atoms with Gasteiger partial charge in [-0.05, 0) is 50.5 Å². The second kappa shape index (κ2) is 9.44. The summed E-state index contributed by atoms with van der Waals surface area (Å²) in [4.78, 5) is 34.3. The number of carbonyl (C=O) groups is 2. The van der Waals surface area contributed by atoms with Crippen LogP contribution in [0.25, 0.3) is 0 Å². The minimum atomic E-state index is -4.10. The lowest BCUT2D eigenvalue weighted by atomic mass is 9.85. The van der Waals surface area contributed by atoms with Crippen molar-refractivity contribution in [2.24, 2.45) is 11.1 Å². The molecule has 3 N–H and O–H groups in total. The molecule has 10 nitrogen and oxygen atoms in total. The van der Waals surface area contributed by atoms with Crippen LogP contribution >= 0.6 is 0 Å². The summed E-state index contributed by atoms with van der Waals surface area (Å²) < 4.78 is 31.3. The molecule has 33 heavy (non-hydrogen) atoms. The third-order valence-electron chi connectivity index (χ3n) is 4.46. The number of ether oxygens (including phenoxy) is 1. The number of rotatable bonds is 6. The summed E-state index contributed by atoms with van der Waals surface area (Å²) in [7, 11) is -4.10. The molecule has 0 radical (unpaired) electrons. The Morgan fingerprint density at radius 2 is 1.70 bits per heavy atom. The van der Waals surface area contributed by atoms with Crippen molar-refractivity contribution in [3.8, 4) is 0 Å². The molecule has 2 aromatic heterocycles. The molecule has 2 rings (SSSR count). The molecule has 0 saturated heterocycles. The van der Waals surface area contributed by atoms with Gasteiger partial charge in [-0.3, -0.25) is 0 Å². The summed E-state index contributed by atoms with van der Waals surface area (Å²) in [5.74, 6) is -1.37. The Balaban J connectivity index is 2.61. The number of nitrogens with two attached hydrogens (primary N) is 1. The number of carboxylic acids is 1. The summed E-state index contributed by atoms with van der Waals surface area (Å²) in [5, 5.41) is 8.12. The van der Waals surface area contributed by atoms with Crippen LogP contribution in [0, 0.1) is 5.41 Å². The Kier molecular flexibility index (Phi) is 7.49. The summed E-state index contributed by atoms with van der Waals surface area (Å²) in [6.07, 6.45) is 0.393. The van der Waals surface area contributed by atoms with Gasteiger partial charge in [0.2, 0.25) is 9.84 Å². The highest BCUT2D eigenvalue weighted by Crippen LogP contribution is 2.31. The van der Waals surface area contributed by atoms with Gasteiger partial charge in [-0.1, -0.05) is 32.9 Å². The third kappa shape index (κ3) is 6.26. The van der Waals surface area contributed by atoms with Crippen molar-refractivity contribution in [1.82, 2.24) is 9.97 Å².